The number of hydrogen-bond donors (Lipinski definition) is 1. The number of nitrogens with one attached hydrogen (secondary N) is 1. The molecule has 1 aromatic rings. The molecule has 1 saturated carbocycles. The zero-order valence-corrected chi connectivity index (χ0v) is 12.5. The van der Waals surface area contributed by atoms with E-state index in [4.69, 9.17) is 9.47 Å². The molecule has 0 aliphatic heterocycles. The second-order valence-corrected chi connectivity index (χ2v) is 5.99. The molecule has 0 radical (unpaired) electrons. The van der Waals surface area contributed by atoms with Gasteiger partial charge in [0.05, 0.1) is 13.2 Å². The van der Waals surface area contributed by atoms with Crippen LogP contribution < -0.4 is 10.1 Å². The Labute approximate surface area is 121 Å². The number of ether oxygens (including phenoxy) is 2. The lowest BCUT2D eigenvalue weighted by Gasteiger charge is -2.31. The van der Waals surface area contributed by atoms with Gasteiger partial charge in [0, 0.05) is 19.2 Å². The van der Waals surface area contributed by atoms with Crippen molar-refractivity contribution in [2.75, 3.05) is 14.2 Å². The second-order valence-electron chi connectivity index (χ2n) is 5.99. The molecule has 20 heavy (non-hydrogen) atoms. The van der Waals surface area contributed by atoms with E-state index in [-0.39, 0.29) is 0 Å². The van der Waals surface area contributed by atoms with E-state index < -0.39 is 0 Å². The highest BCUT2D eigenvalue weighted by atomic mass is 16.5. The number of rotatable bonds is 4. The Balaban J connectivity index is 1.76. The molecular weight excluding hydrogens is 250 g/mol. The summed E-state index contributed by atoms with van der Waals surface area (Å²) >= 11 is 0. The minimum Gasteiger partial charge on any atom is -0.497 e. The van der Waals surface area contributed by atoms with E-state index in [0.29, 0.717) is 18.2 Å². The Morgan fingerprint density at radius 3 is 2.80 bits per heavy atom. The molecule has 1 N–H and O–H groups in total. The van der Waals surface area contributed by atoms with Crippen LogP contribution in [0.4, 0.5) is 0 Å². The van der Waals surface area contributed by atoms with Crippen LogP contribution in [0.5, 0.6) is 5.75 Å². The summed E-state index contributed by atoms with van der Waals surface area (Å²) in [7, 11) is 3.58. The van der Waals surface area contributed by atoms with Crippen molar-refractivity contribution in [3.63, 3.8) is 0 Å². The number of aryl methyl sites for hydroxylation is 1. The maximum atomic E-state index is 5.61. The SMILES string of the molecule is COc1ccc2c(c1)CCCC2NC1CCCC1OC. The molecule has 3 rings (SSSR count). The van der Waals surface area contributed by atoms with Gasteiger partial charge in [-0.25, -0.2) is 0 Å². The molecule has 0 saturated heterocycles. The summed E-state index contributed by atoms with van der Waals surface area (Å²) in [6.07, 6.45) is 7.74. The third-order valence-electron chi connectivity index (χ3n) is 4.84. The predicted molar refractivity (Wildman–Crippen MR) is 80.2 cm³/mol. The second kappa shape index (κ2) is 6.15. The zero-order chi connectivity index (χ0) is 13.9. The fraction of sp³-hybridized carbons (Fsp3) is 0.647. The van der Waals surface area contributed by atoms with Crippen LogP contribution in [0.1, 0.15) is 49.3 Å². The van der Waals surface area contributed by atoms with Gasteiger partial charge in [-0.15, -0.1) is 0 Å². The van der Waals surface area contributed by atoms with Gasteiger partial charge in [-0.1, -0.05) is 6.07 Å². The average molecular weight is 275 g/mol. The molecule has 0 aromatic heterocycles. The molecule has 3 nitrogen and oxygen atoms in total. The van der Waals surface area contributed by atoms with Crippen molar-refractivity contribution < 1.29 is 9.47 Å². The first kappa shape index (κ1) is 13.9. The van der Waals surface area contributed by atoms with Gasteiger partial charge in [-0.05, 0) is 61.8 Å². The largest absolute Gasteiger partial charge is 0.497 e. The minimum atomic E-state index is 0.388. The molecule has 2 aliphatic rings. The Bertz CT molecular complexity index is 460. The van der Waals surface area contributed by atoms with Crippen LogP contribution in [0.15, 0.2) is 18.2 Å². The standard InChI is InChI=1S/C17H25NO2/c1-19-13-9-10-14-12(11-13)5-3-6-15(14)18-16-7-4-8-17(16)20-2/h9-11,15-18H,3-8H2,1-2H3. The molecule has 3 atom stereocenters. The van der Waals surface area contributed by atoms with Gasteiger partial charge >= 0.3 is 0 Å². The van der Waals surface area contributed by atoms with E-state index >= 15 is 0 Å². The normalized spacial score (nSPS) is 29.2. The number of benzene rings is 1. The molecule has 1 aromatic carbocycles. The van der Waals surface area contributed by atoms with Crippen LogP contribution in [-0.4, -0.2) is 26.4 Å². The van der Waals surface area contributed by atoms with E-state index in [1.807, 2.05) is 7.11 Å². The molecule has 3 heteroatoms. The fourth-order valence-electron chi connectivity index (χ4n) is 3.75. The van der Waals surface area contributed by atoms with Gasteiger partial charge in [0.15, 0.2) is 0 Å². The molecule has 3 unspecified atom stereocenters. The summed E-state index contributed by atoms with van der Waals surface area (Å²) in [5, 5.41) is 3.85. The van der Waals surface area contributed by atoms with Crippen LogP contribution in [0.2, 0.25) is 0 Å². The van der Waals surface area contributed by atoms with Gasteiger partial charge < -0.3 is 14.8 Å². The van der Waals surface area contributed by atoms with Gasteiger partial charge in [-0.2, -0.15) is 0 Å². The molecule has 2 aliphatic carbocycles. The molecule has 0 amide bonds. The predicted octanol–water partition coefficient (Wildman–Crippen LogP) is 3.23. The zero-order valence-electron chi connectivity index (χ0n) is 12.5. The van der Waals surface area contributed by atoms with E-state index in [1.54, 1.807) is 7.11 Å². The third-order valence-corrected chi connectivity index (χ3v) is 4.84. The lowest BCUT2D eigenvalue weighted by atomic mass is 9.87. The van der Waals surface area contributed by atoms with Crippen LogP contribution in [0.3, 0.4) is 0 Å². The van der Waals surface area contributed by atoms with Crippen molar-refractivity contribution in [1.82, 2.24) is 5.32 Å². The van der Waals surface area contributed by atoms with Crippen LogP contribution in [0.25, 0.3) is 0 Å². The van der Waals surface area contributed by atoms with Gasteiger partial charge in [0.2, 0.25) is 0 Å². The number of hydrogen-bond acceptors (Lipinski definition) is 3. The Hall–Kier alpha value is -1.06. The highest BCUT2D eigenvalue weighted by Crippen LogP contribution is 2.34. The van der Waals surface area contributed by atoms with Gasteiger partial charge in [0.25, 0.3) is 0 Å². The first-order valence-corrected chi connectivity index (χ1v) is 7.77. The van der Waals surface area contributed by atoms with E-state index in [2.05, 4.69) is 23.5 Å². The van der Waals surface area contributed by atoms with E-state index in [9.17, 15) is 0 Å². The van der Waals surface area contributed by atoms with E-state index in [0.717, 1.165) is 5.75 Å². The lowest BCUT2D eigenvalue weighted by molar-refractivity contribution is 0.0803. The summed E-state index contributed by atoms with van der Waals surface area (Å²) < 4.78 is 11.0. The summed E-state index contributed by atoms with van der Waals surface area (Å²) in [6.45, 7) is 0. The summed E-state index contributed by atoms with van der Waals surface area (Å²) in [6, 6.07) is 7.51. The van der Waals surface area contributed by atoms with Crippen molar-refractivity contribution >= 4 is 0 Å². The minimum absolute atomic E-state index is 0.388. The number of fused-ring (bicyclic) bond motifs is 1. The molecule has 0 bridgehead atoms. The topological polar surface area (TPSA) is 30.5 Å². The highest BCUT2D eigenvalue weighted by molar-refractivity contribution is 5.39. The molecule has 110 valence electrons. The van der Waals surface area contributed by atoms with Crippen LogP contribution in [0, 0.1) is 0 Å². The molecule has 0 heterocycles. The maximum absolute atomic E-state index is 5.61. The molecule has 1 fully saturated rings. The average Bonchev–Trinajstić information content (AvgIpc) is 2.94. The Morgan fingerprint density at radius 2 is 2.00 bits per heavy atom. The first-order valence-electron chi connectivity index (χ1n) is 7.77. The van der Waals surface area contributed by atoms with Gasteiger partial charge in [0.1, 0.15) is 5.75 Å². The fourth-order valence-corrected chi connectivity index (χ4v) is 3.75. The lowest BCUT2D eigenvalue weighted by Crippen LogP contribution is -2.40. The van der Waals surface area contributed by atoms with Crippen LogP contribution >= 0.6 is 0 Å². The van der Waals surface area contributed by atoms with E-state index in [1.165, 1.54) is 49.7 Å². The van der Waals surface area contributed by atoms with Gasteiger partial charge in [-0.3, -0.25) is 0 Å². The third kappa shape index (κ3) is 2.70. The van der Waals surface area contributed by atoms with Crippen molar-refractivity contribution in [2.45, 2.75) is 56.7 Å². The molecule has 0 spiro atoms. The highest BCUT2D eigenvalue weighted by Gasteiger charge is 2.30. The first-order chi connectivity index (χ1) is 9.81. The number of methoxy groups -OCH3 is 2. The summed E-state index contributed by atoms with van der Waals surface area (Å²) in [5.41, 5.74) is 2.90. The maximum Gasteiger partial charge on any atom is 0.119 e. The van der Waals surface area contributed by atoms with Crippen molar-refractivity contribution in [1.29, 1.82) is 0 Å². The van der Waals surface area contributed by atoms with Crippen LogP contribution in [-0.2, 0) is 11.2 Å². The summed E-state index contributed by atoms with van der Waals surface area (Å²) in [5.74, 6) is 0.972. The molecular formula is C17H25NO2. The van der Waals surface area contributed by atoms with Crippen molar-refractivity contribution in [3.8, 4) is 5.75 Å². The quantitative estimate of drug-likeness (QED) is 0.915. The smallest absolute Gasteiger partial charge is 0.119 e. The monoisotopic (exact) mass is 275 g/mol. The van der Waals surface area contributed by atoms with Crippen molar-refractivity contribution in [2.24, 2.45) is 0 Å². The summed E-state index contributed by atoms with van der Waals surface area (Å²) in [4.78, 5) is 0. The Kier molecular flexibility index (Phi) is 4.27. The Morgan fingerprint density at radius 1 is 1.10 bits per heavy atom. The van der Waals surface area contributed by atoms with Crippen molar-refractivity contribution in [3.05, 3.63) is 29.3 Å².